The number of benzene rings is 1. The van der Waals surface area contributed by atoms with Crippen LogP contribution in [-0.2, 0) is 10.3 Å². The quantitative estimate of drug-likeness (QED) is 0.731. The molecule has 1 saturated heterocycles. The van der Waals surface area contributed by atoms with E-state index in [2.05, 4.69) is 17.6 Å². The Morgan fingerprint density at radius 1 is 1.43 bits per heavy atom. The molecular formula is C16H24N2O3. The molecule has 116 valence electrons. The molecule has 1 unspecified atom stereocenters. The van der Waals surface area contributed by atoms with E-state index in [9.17, 15) is 9.90 Å². The number of para-hydroxylation sites is 1. The molecule has 3 N–H and O–H groups in total. The highest BCUT2D eigenvalue weighted by Crippen LogP contribution is 2.39. The van der Waals surface area contributed by atoms with Crippen LogP contribution in [0.5, 0.6) is 5.75 Å². The smallest absolute Gasteiger partial charge is 0.412 e. The average molecular weight is 292 g/mol. The SMILES string of the molecule is CC(C)(C)OC(=O)Nc1c(O)cccc1C1(C)CCCN1. The van der Waals surface area contributed by atoms with Crippen LogP contribution in [0.2, 0.25) is 0 Å². The maximum Gasteiger partial charge on any atom is 0.412 e. The number of hydrogen-bond acceptors (Lipinski definition) is 4. The van der Waals surface area contributed by atoms with E-state index in [0.29, 0.717) is 5.69 Å². The van der Waals surface area contributed by atoms with Crippen molar-refractivity contribution in [2.45, 2.75) is 51.7 Å². The lowest BCUT2D eigenvalue weighted by atomic mass is 9.89. The van der Waals surface area contributed by atoms with Gasteiger partial charge in [-0.05, 0) is 58.7 Å². The van der Waals surface area contributed by atoms with Gasteiger partial charge in [-0.1, -0.05) is 12.1 Å². The third-order valence-corrected chi connectivity index (χ3v) is 3.63. The number of rotatable bonds is 2. The van der Waals surface area contributed by atoms with Gasteiger partial charge in [0, 0.05) is 5.54 Å². The fourth-order valence-electron chi connectivity index (χ4n) is 2.66. The lowest BCUT2D eigenvalue weighted by Gasteiger charge is -2.28. The minimum absolute atomic E-state index is 0.0493. The molecule has 1 heterocycles. The number of phenols is 1. The second kappa shape index (κ2) is 5.56. The van der Waals surface area contributed by atoms with E-state index in [1.165, 1.54) is 0 Å². The first-order chi connectivity index (χ1) is 9.71. The summed E-state index contributed by atoms with van der Waals surface area (Å²) in [4.78, 5) is 12.0. The van der Waals surface area contributed by atoms with Crippen molar-refractivity contribution in [3.63, 3.8) is 0 Å². The number of aromatic hydroxyl groups is 1. The van der Waals surface area contributed by atoms with Crippen LogP contribution in [0.3, 0.4) is 0 Å². The fourth-order valence-corrected chi connectivity index (χ4v) is 2.66. The summed E-state index contributed by atoms with van der Waals surface area (Å²) in [6.07, 6.45) is 1.46. The molecule has 0 aromatic heterocycles. The van der Waals surface area contributed by atoms with Crippen LogP contribution in [-0.4, -0.2) is 23.3 Å². The normalized spacial score (nSPS) is 22.1. The number of hydrogen-bond donors (Lipinski definition) is 3. The van der Waals surface area contributed by atoms with Gasteiger partial charge in [0.25, 0.3) is 0 Å². The van der Waals surface area contributed by atoms with Crippen molar-refractivity contribution in [1.82, 2.24) is 5.32 Å². The van der Waals surface area contributed by atoms with Crippen LogP contribution in [0.25, 0.3) is 0 Å². The van der Waals surface area contributed by atoms with Crippen LogP contribution in [0.1, 0.15) is 46.1 Å². The third-order valence-electron chi connectivity index (χ3n) is 3.63. The van der Waals surface area contributed by atoms with E-state index in [4.69, 9.17) is 4.74 Å². The van der Waals surface area contributed by atoms with E-state index < -0.39 is 11.7 Å². The van der Waals surface area contributed by atoms with Crippen LogP contribution in [0.4, 0.5) is 10.5 Å². The van der Waals surface area contributed by atoms with Crippen molar-refractivity contribution in [3.8, 4) is 5.75 Å². The minimum atomic E-state index is -0.579. The highest BCUT2D eigenvalue weighted by Gasteiger charge is 2.33. The number of carbonyl (C=O) groups is 1. The van der Waals surface area contributed by atoms with E-state index in [0.717, 1.165) is 24.9 Å². The summed E-state index contributed by atoms with van der Waals surface area (Å²) >= 11 is 0. The minimum Gasteiger partial charge on any atom is -0.506 e. The average Bonchev–Trinajstić information content (AvgIpc) is 2.77. The van der Waals surface area contributed by atoms with Gasteiger partial charge in [-0.15, -0.1) is 0 Å². The molecule has 5 heteroatoms. The van der Waals surface area contributed by atoms with E-state index in [1.807, 2.05) is 6.07 Å². The van der Waals surface area contributed by atoms with Gasteiger partial charge in [-0.2, -0.15) is 0 Å². The number of amides is 1. The summed E-state index contributed by atoms with van der Waals surface area (Å²) in [6.45, 7) is 8.42. The van der Waals surface area contributed by atoms with E-state index in [1.54, 1.807) is 32.9 Å². The first-order valence-corrected chi connectivity index (χ1v) is 7.29. The van der Waals surface area contributed by atoms with E-state index >= 15 is 0 Å². The molecule has 0 bridgehead atoms. The third kappa shape index (κ3) is 3.67. The lowest BCUT2D eigenvalue weighted by Crippen LogP contribution is -2.35. The Morgan fingerprint density at radius 3 is 2.71 bits per heavy atom. The fraction of sp³-hybridized carbons (Fsp3) is 0.562. The molecule has 1 aromatic carbocycles. The Kier molecular flexibility index (Phi) is 4.14. The predicted molar refractivity (Wildman–Crippen MR) is 82.6 cm³/mol. The summed E-state index contributed by atoms with van der Waals surface area (Å²) in [7, 11) is 0. The molecule has 21 heavy (non-hydrogen) atoms. The van der Waals surface area contributed by atoms with Crippen LogP contribution in [0.15, 0.2) is 18.2 Å². The second-order valence-electron chi connectivity index (χ2n) is 6.69. The zero-order valence-electron chi connectivity index (χ0n) is 13.1. The van der Waals surface area contributed by atoms with Crippen molar-refractivity contribution in [2.75, 3.05) is 11.9 Å². The molecule has 1 aliphatic heterocycles. The highest BCUT2D eigenvalue weighted by molar-refractivity contribution is 5.88. The van der Waals surface area contributed by atoms with Gasteiger partial charge in [0.2, 0.25) is 0 Å². The van der Waals surface area contributed by atoms with Crippen molar-refractivity contribution < 1.29 is 14.6 Å². The number of carbonyl (C=O) groups excluding carboxylic acids is 1. The summed E-state index contributed by atoms with van der Waals surface area (Å²) < 4.78 is 5.27. The van der Waals surface area contributed by atoms with Gasteiger partial charge < -0.3 is 15.2 Å². The highest BCUT2D eigenvalue weighted by atomic mass is 16.6. The summed E-state index contributed by atoms with van der Waals surface area (Å²) in [5, 5.41) is 16.2. The maximum atomic E-state index is 12.0. The standard InChI is InChI=1S/C16H24N2O3/c1-15(2,3)21-14(20)18-13-11(7-5-8-12(13)19)16(4)9-6-10-17-16/h5,7-8,17,19H,6,9-10H2,1-4H3,(H,18,20). The van der Waals surface area contributed by atoms with Gasteiger partial charge >= 0.3 is 6.09 Å². The lowest BCUT2D eigenvalue weighted by molar-refractivity contribution is 0.0635. The maximum absolute atomic E-state index is 12.0. The Morgan fingerprint density at radius 2 is 2.14 bits per heavy atom. The molecule has 0 radical (unpaired) electrons. The summed E-state index contributed by atoms with van der Waals surface area (Å²) in [6, 6.07) is 5.27. The number of nitrogens with one attached hydrogen (secondary N) is 2. The second-order valence-corrected chi connectivity index (χ2v) is 6.69. The first kappa shape index (κ1) is 15.6. The summed E-state index contributed by atoms with van der Waals surface area (Å²) in [5.74, 6) is 0.0493. The Bertz CT molecular complexity index is 529. The van der Waals surface area contributed by atoms with Gasteiger partial charge in [0.1, 0.15) is 11.4 Å². The Balaban J connectivity index is 2.28. The zero-order valence-corrected chi connectivity index (χ0v) is 13.1. The van der Waals surface area contributed by atoms with Gasteiger partial charge in [0.15, 0.2) is 0 Å². The predicted octanol–water partition coefficient (Wildman–Crippen LogP) is 3.34. The molecule has 0 saturated carbocycles. The number of anilines is 1. The molecular weight excluding hydrogens is 268 g/mol. The molecule has 1 fully saturated rings. The van der Waals surface area contributed by atoms with Crippen molar-refractivity contribution >= 4 is 11.8 Å². The van der Waals surface area contributed by atoms with Crippen molar-refractivity contribution in [3.05, 3.63) is 23.8 Å². The van der Waals surface area contributed by atoms with Crippen LogP contribution < -0.4 is 10.6 Å². The van der Waals surface area contributed by atoms with Gasteiger partial charge in [-0.3, -0.25) is 5.32 Å². The largest absolute Gasteiger partial charge is 0.506 e. The molecule has 0 spiro atoms. The first-order valence-electron chi connectivity index (χ1n) is 7.29. The summed E-state index contributed by atoms with van der Waals surface area (Å²) in [5.41, 5.74) is 0.474. The topological polar surface area (TPSA) is 70.6 Å². The molecule has 1 aliphatic rings. The van der Waals surface area contributed by atoms with Crippen molar-refractivity contribution in [2.24, 2.45) is 0 Å². The number of phenolic OH excluding ortho intramolecular Hbond substituents is 1. The molecule has 0 aliphatic carbocycles. The molecule has 1 amide bonds. The molecule has 1 atom stereocenters. The Hall–Kier alpha value is -1.75. The molecule has 1 aromatic rings. The van der Waals surface area contributed by atoms with E-state index in [-0.39, 0.29) is 11.3 Å². The number of ether oxygens (including phenoxy) is 1. The van der Waals surface area contributed by atoms with Gasteiger partial charge in [0.05, 0.1) is 5.69 Å². The van der Waals surface area contributed by atoms with Gasteiger partial charge in [-0.25, -0.2) is 4.79 Å². The van der Waals surface area contributed by atoms with Crippen molar-refractivity contribution in [1.29, 1.82) is 0 Å². The Labute approximate surface area is 125 Å². The van der Waals surface area contributed by atoms with Crippen LogP contribution >= 0.6 is 0 Å². The van der Waals surface area contributed by atoms with Crippen LogP contribution in [0, 0.1) is 0 Å². The monoisotopic (exact) mass is 292 g/mol. The molecule has 5 nitrogen and oxygen atoms in total. The molecule has 2 rings (SSSR count). The zero-order chi connectivity index (χ0) is 15.7.